The molecule has 2 rings (SSSR count). The Kier molecular flexibility index (Phi) is 7.89. The predicted molar refractivity (Wildman–Crippen MR) is 74.9 cm³/mol. The second-order valence-electron chi connectivity index (χ2n) is 2.62. The fraction of sp³-hybridized carbons (Fsp3) is 0.308. The van der Waals surface area contributed by atoms with Crippen LogP contribution in [0.25, 0.3) is 10.9 Å². The van der Waals surface area contributed by atoms with Crippen LogP contribution in [0.5, 0.6) is 0 Å². The van der Waals surface area contributed by atoms with Gasteiger partial charge < -0.3 is 0 Å². The average Bonchev–Trinajstić information content (AvgIpc) is 2.42. The Bertz CT molecular complexity index is 472. The molecule has 0 radical (unpaired) electrons. The van der Waals surface area contributed by atoms with Crippen molar-refractivity contribution in [1.29, 1.82) is 0 Å². The Hall–Kier alpha value is -1.48. The molecule has 0 aliphatic carbocycles. The number of fused-ring (bicyclic) bond motifs is 1. The minimum atomic E-state index is 0.377. The topological polar surface area (TPSA) is 42.3 Å². The van der Waals surface area contributed by atoms with Gasteiger partial charge in [-0.15, -0.1) is 4.91 Å². The predicted octanol–water partition coefficient (Wildman–Crippen LogP) is 5.34. The van der Waals surface area contributed by atoms with Crippen molar-refractivity contribution in [2.75, 3.05) is 0 Å². The van der Waals surface area contributed by atoms with Crippen LogP contribution in [0.1, 0.15) is 27.7 Å². The Labute approximate surface area is 107 Å². The first-order valence-electron chi connectivity index (χ1n) is 5.68. The van der Waals surface area contributed by atoms with Crippen LogP contribution in [0.2, 0.25) is 5.02 Å². The van der Waals surface area contributed by atoms with Gasteiger partial charge in [0, 0.05) is 11.6 Å². The zero-order chi connectivity index (χ0) is 13.3. The van der Waals surface area contributed by atoms with Gasteiger partial charge in [-0.05, 0) is 23.4 Å². The molecule has 0 N–H and O–H groups in total. The number of hydrogen-bond donors (Lipinski definition) is 0. The van der Waals surface area contributed by atoms with Gasteiger partial charge in [-0.3, -0.25) is 4.98 Å². The largest absolute Gasteiger partial charge is 0.255 e. The van der Waals surface area contributed by atoms with Crippen LogP contribution in [-0.4, -0.2) is 4.98 Å². The van der Waals surface area contributed by atoms with Gasteiger partial charge in [-0.1, -0.05) is 45.4 Å². The number of hydrogen-bond acceptors (Lipinski definition) is 3. The molecule has 17 heavy (non-hydrogen) atoms. The fourth-order valence-corrected chi connectivity index (χ4v) is 1.31. The Morgan fingerprint density at radius 3 is 2.35 bits per heavy atom. The molecule has 0 aliphatic rings. The van der Waals surface area contributed by atoms with E-state index < -0.39 is 0 Å². The summed E-state index contributed by atoms with van der Waals surface area (Å²) in [5.41, 5.74) is 1.10. The molecule has 0 fully saturated rings. The van der Waals surface area contributed by atoms with Gasteiger partial charge in [0.15, 0.2) is 0 Å². The van der Waals surface area contributed by atoms with E-state index in [1.54, 1.807) is 30.5 Å². The third-order valence-electron chi connectivity index (χ3n) is 1.74. The highest BCUT2D eigenvalue weighted by atomic mass is 35.5. The molecule has 0 saturated carbocycles. The zero-order valence-electron chi connectivity index (χ0n) is 10.6. The molecular weight excluding hydrogens is 236 g/mol. The maximum Gasteiger partial charge on any atom is 0.110 e. The maximum absolute atomic E-state index is 10.2. The lowest BCUT2D eigenvalue weighted by Crippen LogP contribution is -1.77. The third-order valence-corrected chi connectivity index (χ3v) is 1.95. The van der Waals surface area contributed by atoms with Crippen LogP contribution in [0.4, 0.5) is 5.69 Å². The van der Waals surface area contributed by atoms with Crippen molar-refractivity contribution < 1.29 is 0 Å². The highest BCUT2D eigenvalue weighted by Gasteiger charge is 1.97. The smallest absolute Gasteiger partial charge is 0.110 e. The molecule has 0 bridgehead atoms. The van der Waals surface area contributed by atoms with E-state index in [-0.39, 0.29) is 0 Å². The molecular formula is C13H17ClN2O. The maximum atomic E-state index is 10.2. The van der Waals surface area contributed by atoms with Crippen molar-refractivity contribution in [2.24, 2.45) is 5.18 Å². The van der Waals surface area contributed by atoms with Crippen LogP contribution < -0.4 is 0 Å². The first-order chi connectivity index (χ1) is 8.29. The molecule has 1 aromatic carbocycles. The van der Waals surface area contributed by atoms with Crippen LogP contribution >= 0.6 is 11.6 Å². The molecule has 0 atom stereocenters. The molecule has 0 saturated heterocycles. The number of rotatable bonds is 1. The van der Waals surface area contributed by atoms with E-state index in [1.165, 1.54) is 0 Å². The van der Waals surface area contributed by atoms with Crippen LogP contribution in [0, 0.1) is 4.91 Å². The quantitative estimate of drug-likeness (QED) is 0.643. The van der Waals surface area contributed by atoms with Gasteiger partial charge >= 0.3 is 0 Å². The summed E-state index contributed by atoms with van der Waals surface area (Å²) in [5.74, 6) is 0. The van der Waals surface area contributed by atoms with Crippen LogP contribution in [0.15, 0.2) is 35.6 Å². The number of halogens is 1. The number of nitrogens with zero attached hydrogens (tertiary/aromatic N) is 2. The van der Waals surface area contributed by atoms with Crippen LogP contribution in [0.3, 0.4) is 0 Å². The summed E-state index contributed by atoms with van der Waals surface area (Å²) in [6.07, 6.45) is 1.54. The lowest BCUT2D eigenvalue weighted by Gasteiger charge is -1.96. The van der Waals surface area contributed by atoms with Crippen molar-refractivity contribution in [3.05, 3.63) is 40.4 Å². The minimum absolute atomic E-state index is 0.377. The molecule has 0 spiro atoms. The normalized spacial score (nSPS) is 8.53. The summed E-state index contributed by atoms with van der Waals surface area (Å²) in [4.78, 5) is 14.3. The van der Waals surface area contributed by atoms with E-state index in [1.807, 2.05) is 27.7 Å². The van der Waals surface area contributed by atoms with Crippen molar-refractivity contribution in [3.8, 4) is 0 Å². The van der Waals surface area contributed by atoms with E-state index in [9.17, 15) is 4.91 Å². The molecule has 2 aromatic rings. The number of benzene rings is 1. The molecule has 1 heterocycles. The molecule has 0 aliphatic heterocycles. The highest BCUT2D eigenvalue weighted by Crippen LogP contribution is 2.21. The lowest BCUT2D eigenvalue weighted by atomic mass is 10.2. The number of pyridine rings is 1. The molecule has 4 heteroatoms. The standard InChI is InChI=1S/C9H5ClN2O.2C2H6/c10-7-3-6-1-2-8(12-13)4-9(6)11-5-7;2*1-2/h1-5H;2*1-2H3. The fourth-order valence-electron chi connectivity index (χ4n) is 1.14. The van der Waals surface area contributed by atoms with E-state index >= 15 is 0 Å². The summed E-state index contributed by atoms with van der Waals surface area (Å²) in [5, 5.41) is 4.31. The van der Waals surface area contributed by atoms with Crippen LogP contribution in [-0.2, 0) is 0 Å². The Morgan fingerprint density at radius 2 is 1.76 bits per heavy atom. The minimum Gasteiger partial charge on any atom is -0.255 e. The van der Waals surface area contributed by atoms with Gasteiger partial charge in [-0.2, -0.15) is 0 Å². The second-order valence-corrected chi connectivity index (χ2v) is 3.06. The van der Waals surface area contributed by atoms with Crippen molar-refractivity contribution in [3.63, 3.8) is 0 Å². The highest BCUT2D eigenvalue weighted by molar-refractivity contribution is 6.31. The molecule has 1 aromatic heterocycles. The summed E-state index contributed by atoms with van der Waals surface area (Å²) >= 11 is 5.74. The van der Waals surface area contributed by atoms with Gasteiger partial charge in [0.25, 0.3) is 0 Å². The van der Waals surface area contributed by atoms with Gasteiger partial charge in [-0.25, -0.2) is 0 Å². The van der Waals surface area contributed by atoms with Gasteiger partial charge in [0.1, 0.15) is 5.69 Å². The molecule has 3 nitrogen and oxygen atoms in total. The number of aromatic nitrogens is 1. The monoisotopic (exact) mass is 252 g/mol. The van der Waals surface area contributed by atoms with E-state index in [4.69, 9.17) is 11.6 Å². The Morgan fingerprint density at radius 1 is 1.12 bits per heavy atom. The first kappa shape index (κ1) is 15.5. The molecule has 0 unspecified atom stereocenters. The summed E-state index contributed by atoms with van der Waals surface area (Å²) in [7, 11) is 0. The van der Waals surface area contributed by atoms with Crippen molar-refractivity contribution in [1.82, 2.24) is 4.98 Å². The zero-order valence-corrected chi connectivity index (χ0v) is 11.3. The third kappa shape index (κ3) is 4.49. The van der Waals surface area contributed by atoms with E-state index in [0.717, 1.165) is 10.9 Å². The Balaban J connectivity index is 0.000000581. The average molecular weight is 253 g/mol. The second kappa shape index (κ2) is 8.65. The molecule has 0 amide bonds. The summed E-state index contributed by atoms with van der Waals surface area (Å²) in [6, 6.07) is 6.81. The lowest BCUT2D eigenvalue weighted by molar-refractivity contribution is 1.40. The van der Waals surface area contributed by atoms with Crippen molar-refractivity contribution in [2.45, 2.75) is 27.7 Å². The van der Waals surface area contributed by atoms with Gasteiger partial charge in [0.2, 0.25) is 0 Å². The van der Waals surface area contributed by atoms with E-state index in [2.05, 4.69) is 10.2 Å². The summed E-state index contributed by atoms with van der Waals surface area (Å²) < 4.78 is 0. The number of nitroso groups, excluding NO2 is 1. The molecule has 92 valence electrons. The summed E-state index contributed by atoms with van der Waals surface area (Å²) in [6.45, 7) is 8.00. The van der Waals surface area contributed by atoms with Crippen molar-refractivity contribution >= 4 is 28.2 Å². The SMILES string of the molecule is CC.CC.O=Nc1ccc2cc(Cl)cnc2c1. The van der Waals surface area contributed by atoms with E-state index in [0.29, 0.717) is 10.7 Å². The van der Waals surface area contributed by atoms with Gasteiger partial charge in [0.05, 0.1) is 10.5 Å². The first-order valence-corrected chi connectivity index (χ1v) is 6.06.